The monoisotopic (exact) mass is 403 g/mol. The SMILES string of the molecule is CCNC(=NCCCCN1CCOCC1)NC1CCN(c2ccccc2OC)C1. The van der Waals surface area contributed by atoms with Gasteiger partial charge in [-0.3, -0.25) is 9.89 Å². The molecule has 0 radical (unpaired) electrons. The second kappa shape index (κ2) is 11.9. The van der Waals surface area contributed by atoms with Crippen LogP contribution in [0.5, 0.6) is 5.75 Å². The van der Waals surface area contributed by atoms with Crippen molar-refractivity contribution in [2.45, 2.75) is 32.2 Å². The molecule has 2 N–H and O–H groups in total. The number of methoxy groups -OCH3 is 1. The molecule has 0 bridgehead atoms. The summed E-state index contributed by atoms with van der Waals surface area (Å²) in [6.07, 6.45) is 3.40. The number of hydrogen-bond acceptors (Lipinski definition) is 5. The normalized spacial score (nSPS) is 20.7. The first-order valence-corrected chi connectivity index (χ1v) is 11.0. The van der Waals surface area contributed by atoms with Crippen LogP contribution in [0.1, 0.15) is 26.2 Å². The molecule has 0 saturated carbocycles. The number of para-hydroxylation sites is 2. The molecule has 0 aliphatic carbocycles. The summed E-state index contributed by atoms with van der Waals surface area (Å²) in [6.45, 7) is 10.9. The van der Waals surface area contributed by atoms with Crippen LogP contribution >= 0.6 is 0 Å². The molecule has 1 aromatic carbocycles. The molecule has 162 valence electrons. The summed E-state index contributed by atoms with van der Waals surface area (Å²) in [4.78, 5) is 9.68. The van der Waals surface area contributed by atoms with Crippen molar-refractivity contribution >= 4 is 11.6 Å². The van der Waals surface area contributed by atoms with Crippen LogP contribution in [0.15, 0.2) is 29.3 Å². The highest BCUT2D eigenvalue weighted by Crippen LogP contribution is 2.30. The van der Waals surface area contributed by atoms with Gasteiger partial charge in [-0.25, -0.2) is 0 Å². The van der Waals surface area contributed by atoms with Crippen LogP contribution in [0.25, 0.3) is 0 Å². The average Bonchev–Trinajstić information content (AvgIpc) is 3.22. The number of rotatable bonds is 9. The van der Waals surface area contributed by atoms with Crippen LogP contribution in [-0.2, 0) is 4.74 Å². The van der Waals surface area contributed by atoms with E-state index < -0.39 is 0 Å². The molecule has 0 amide bonds. The van der Waals surface area contributed by atoms with Crippen molar-refractivity contribution in [3.05, 3.63) is 24.3 Å². The molecule has 2 heterocycles. The minimum Gasteiger partial charge on any atom is -0.495 e. The zero-order chi connectivity index (χ0) is 20.3. The molecule has 1 atom stereocenters. The number of morpholine rings is 1. The van der Waals surface area contributed by atoms with Gasteiger partial charge in [-0.1, -0.05) is 12.1 Å². The first-order valence-electron chi connectivity index (χ1n) is 11.0. The summed E-state index contributed by atoms with van der Waals surface area (Å²) in [5.41, 5.74) is 1.17. The highest BCUT2D eigenvalue weighted by Gasteiger charge is 2.25. The quantitative estimate of drug-likeness (QED) is 0.373. The van der Waals surface area contributed by atoms with E-state index in [2.05, 4.69) is 39.5 Å². The van der Waals surface area contributed by atoms with E-state index >= 15 is 0 Å². The molecule has 1 aromatic rings. The van der Waals surface area contributed by atoms with Crippen molar-refractivity contribution < 1.29 is 9.47 Å². The second-order valence-electron chi connectivity index (χ2n) is 7.67. The predicted octanol–water partition coefficient (Wildman–Crippen LogP) is 1.94. The van der Waals surface area contributed by atoms with E-state index in [0.29, 0.717) is 6.04 Å². The molecule has 1 unspecified atom stereocenters. The molecule has 29 heavy (non-hydrogen) atoms. The maximum Gasteiger partial charge on any atom is 0.191 e. The van der Waals surface area contributed by atoms with Gasteiger partial charge >= 0.3 is 0 Å². The number of anilines is 1. The molecule has 7 nitrogen and oxygen atoms in total. The van der Waals surface area contributed by atoms with Crippen LogP contribution in [0.2, 0.25) is 0 Å². The Hall–Kier alpha value is -1.99. The van der Waals surface area contributed by atoms with Gasteiger partial charge in [0.15, 0.2) is 5.96 Å². The van der Waals surface area contributed by atoms with E-state index in [1.54, 1.807) is 7.11 Å². The van der Waals surface area contributed by atoms with E-state index in [1.165, 1.54) is 12.1 Å². The lowest BCUT2D eigenvalue weighted by atomic mass is 10.2. The number of benzene rings is 1. The fraction of sp³-hybridized carbons (Fsp3) is 0.682. The van der Waals surface area contributed by atoms with Crippen molar-refractivity contribution in [3.8, 4) is 5.75 Å². The molecule has 7 heteroatoms. The molecule has 2 aliphatic rings. The van der Waals surface area contributed by atoms with Gasteiger partial charge in [0, 0.05) is 45.3 Å². The van der Waals surface area contributed by atoms with Crippen LogP contribution in [-0.4, -0.2) is 83.0 Å². The first-order chi connectivity index (χ1) is 14.3. The Morgan fingerprint density at radius 3 is 2.83 bits per heavy atom. The highest BCUT2D eigenvalue weighted by atomic mass is 16.5. The zero-order valence-electron chi connectivity index (χ0n) is 18.0. The number of hydrogen-bond donors (Lipinski definition) is 2. The van der Waals surface area contributed by atoms with Crippen molar-refractivity contribution in [2.24, 2.45) is 4.99 Å². The maximum atomic E-state index is 5.52. The van der Waals surface area contributed by atoms with Crippen molar-refractivity contribution in [1.82, 2.24) is 15.5 Å². The third-order valence-corrected chi connectivity index (χ3v) is 5.56. The molecule has 3 rings (SSSR count). The standard InChI is InChI=1S/C22H37N5O2/c1-3-23-22(24-11-6-7-12-26-14-16-29-17-15-26)25-19-10-13-27(18-19)20-8-4-5-9-21(20)28-2/h4-5,8-9,19H,3,6-7,10-18H2,1-2H3,(H2,23,24,25). The Labute approximate surface area is 175 Å². The molecule has 0 spiro atoms. The lowest BCUT2D eigenvalue weighted by Crippen LogP contribution is -2.44. The van der Waals surface area contributed by atoms with Gasteiger partial charge in [0.25, 0.3) is 0 Å². The van der Waals surface area contributed by atoms with E-state index in [1.807, 2.05) is 12.1 Å². The topological polar surface area (TPSA) is 61.4 Å². The Morgan fingerprint density at radius 1 is 1.21 bits per heavy atom. The van der Waals surface area contributed by atoms with E-state index in [4.69, 9.17) is 14.5 Å². The number of aliphatic imine (C=N–C) groups is 1. The summed E-state index contributed by atoms with van der Waals surface area (Å²) in [7, 11) is 1.74. The minimum absolute atomic E-state index is 0.395. The smallest absolute Gasteiger partial charge is 0.191 e. The van der Waals surface area contributed by atoms with Crippen molar-refractivity contribution in [3.63, 3.8) is 0 Å². The van der Waals surface area contributed by atoms with Gasteiger partial charge in [-0.2, -0.15) is 0 Å². The van der Waals surface area contributed by atoms with Gasteiger partial charge in [0.1, 0.15) is 5.75 Å². The minimum atomic E-state index is 0.395. The van der Waals surface area contributed by atoms with E-state index in [9.17, 15) is 0 Å². The van der Waals surface area contributed by atoms with Gasteiger partial charge < -0.3 is 25.0 Å². The fourth-order valence-corrected chi connectivity index (χ4v) is 3.96. The summed E-state index contributed by atoms with van der Waals surface area (Å²) >= 11 is 0. The summed E-state index contributed by atoms with van der Waals surface area (Å²) < 4.78 is 10.9. The molecule has 2 fully saturated rings. The number of unbranched alkanes of at least 4 members (excludes halogenated alkanes) is 1. The summed E-state index contributed by atoms with van der Waals surface area (Å²) in [6, 6.07) is 8.64. The average molecular weight is 404 g/mol. The van der Waals surface area contributed by atoms with Gasteiger partial charge in [-0.05, 0) is 44.9 Å². The van der Waals surface area contributed by atoms with Crippen LogP contribution in [0, 0.1) is 0 Å². The van der Waals surface area contributed by atoms with Crippen molar-refractivity contribution in [1.29, 1.82) is 0 Å². The fourth-order valence-electron chi connectivity index (χ4n) is 3.96. The highest BCUT2D eigenvalue weighted by molar-refractivity contribution is 5.80. The molecular formula is C22H37N5O2. The van der Waals surface area contributed by atoms with Crippen LogP contribution in [0.4, 0.5) is 5.69 Å². The molecular weight excluding hydrogens is 366 g/mol. The molecule has 0 aromatic heterocycles. The maximum absolute atomic E-state index is 5.52. The number of nitrogens with one attached hydrogen (secondary N) is 2. The summed E-state index contributed by atoms with van der Waals surface area (Å²) in [5.74, 6) is 1.87. The molecule has 2 aliphatic heterocycles. The Balaban J connectivity index is 1.43. The Kier molecular flexibility index (Phi) is 8.89. The predicted molar refractivity (Wildman–Crippen MR) is 119 cm³/mol. The second-order valence-corrected chi connectivity index (χ2v) is 7.67. The third-order valence-electron chi connectivity index (χ3n) is 5.56. The largest absolute Gasteiger partial charge is 0.495 e. The third kappa shape index (κ3) is 6.78. The van der Waals surface area contributed by atoms with Crippen molar-refractivity contribution in [2.75, 3.05) is 71.0 Å². The zero-order valence-corrected chi connectivity index (χ0v) is 18.0. The molecule has 2 saturated heterocycles. The number of guanidine groups is 1. The number of nitrogens with zero attached hydrogens (tertiary/aromatic N) is 3. The van der Waals surface area contributed by atoms with E-state index in [-0.39, 0.29) is 0 Å². The van der Waals surface area contributed by atoms with Gasteiger partial charge in [0.05, 0.1) is 26.0 Å². The van der Waals surface area contributed by atoms with Gasteiger partial charge in [0.2, 0.25) is 0 Å². The van der Waals surface area contributed by atoms with Crippen LogP contribution < -0.4 is 20.3 Å². The first kappa shape index (κ1) is 21.7. The number of ether oxygens (including phenoxy) is 2. The lowest BCUT2D eigenvalue weighted by molar-refractivity contribution is 0.0373. The van der Waals surface area contributed by atoms with Gasteiger partial charge in [-0.15, -0.1) is 0 Å². The Bertz CT molecular complexity index is 633. The lowest BCUT2D eigenvalue weighted by Gasteiger charge is -2.26. The van der Waals surface area contributed by atoms with E-state index in [0.717, 1.165) is 83.6 Å². The Morgan fingerprint density at radius 2 is 2.03 bits per heavy atom. The summed E-state index contributed by atoms with van der Waals surface area (Å²) in [5, 5.41) is 7.02. The van der Waals surface area contributed by atoms with Crippen LogP contribution in [0.3, 0.4) is 0 Å².